The van der Waals surface area contributed by atoms with Crippen LogP contribution in [-0.4, -0.2) is 19.2 Å². The number of carbonyl (C=O) groups is 1. The van der Waals surface area contributed by atoms with Gasteiger partial charge in [0.15, 0.2) is 0 Å². The number of hydrogen-bond donors (Lipinski definition) is 0. The monoisotopic (exact) mass is 434 g/mol. The highest BCUT2D eigenvalue weighted by Gasteiger charge is 2.26. The molecule has 1 aliphatic carbocycles. The molecule has 3 nitrogen and oxygen atoms in total. The Morgan fingerprint density at radius 2 is 1.69 bits per heavy atom. The van der Waals surface area contributed by atoms with Gasteiger partial charge in [0.25, 0.3) is 0 Å². The summed E-state index contributed by atoms with van der Waals surface area (Å²) in [6.07, 6.45) is 10.6. The van der Waals surface area contributed by atoms with E-state index in [0.29, 0.717) is 13.2 Å². The molecule has 0 aromatic heterocycles. The standard InChI is InChI=1S/C29H38O3/c1-4-29(2,3)28(30)32-20-12-6-11-19-31-27-18-17-26-21-24(23-13-7-5-8-14-23)15-9-10-16-25(26)22-27/h5,7-8,13-14,17-18,21-22H,4,6,9-12,15-16,19-20H2,1-3H3/b24-21+. The molecule has 3 rings (SSSR count). The fourth-order valence-corrected chi connectivity index (χ4v) is 3.88. The molecular weight excluding hydrogens is 396 g/mol. The molecule has 1 aliphatic rings. The molecule has 172 valence electrons. The normalized spacial score (nSPS) is 15.7. The predicted molar refractivity (Wildman–Crippen MR) is 133 cm³/mol. The number of hydrogen-bond acceptors (Lipinski definition) is 3. The van der Waals surface area contributed by atoms with Gasteiger partial charge in [-0.05, 0) is 99.6 Å². The lowest BCUT2D eigenvalue weighted by molar-refractivity contribution is -0.154. The van der Waals surface area contributed by atoms with Crippen LogP contribution in [0, 0.1) is 5.41 Å². The fraction of sp³-hybridized carbons (Fsp3) is 0.483. The van der Waals surface area contributed by atoms with E-state index in [1.807, 2.05) is 20.8 Å². The quantitative estimate of drug-likeness (QED) is 0.287. The average molecular weight is 435 g/mol. The van der Waals surface area contributed by atoms with Gasteiger partial charge in [0.1, 0.15) is 5.75 Å². The van der Waals surface area contributed by atoms with Crippen LogP contribution in [-0.2, 0) is 16.0 Å². The maximum absolute atomic E-state index is 12.0. The molecule has 0 spiro atoms. The van der Waals surface area contributed by atoms with Crippen molar-refractivity contribution in [2.45, 2.75) is 72.1 Å². The van der Waals surface area contributed by atoms with Gasteiger partial charge in [0, 0.05) is 0 Å². The summed E-state index contributed by atoms with van der Waals surface area (Å²) < 4.78 is 11.4. The van der Waals surface area contributed by atoms with Crippen molar-refractivity contribution in [1.29, 1.82) is 0 Å². The van der Waals surface area contributed by atoms with E-state index in [1.165, 1.54) is 35.1 Å². The molecule has 0 heterocycles. The summed E-state index contributed by atoms with van der Waals surface area (Å²) in [6.45, 7) is 7.07. The van der Waals surface area contributed by atoms with E-state index in [1.54, 1.807) is 0 Å². The minimum absolute atomic E-state index is 0.0958. The largest absolute Gasteiger partial charge is 0.494 e. The van der Waals surface area contributed by atoms with Gasteiger partial charge in [0.2, 0.25) is 0 Å². The van der Waals surface area contributed by atoms with Gasteiger partial charge in [-0.1, -0.05) is 49.4 Å². The summed E-state index contributed by atoms with van der Waals surface area (Å²) in [5.74, 6) is 0.858. The Morgan fingerprint density at radius 1 is 0.938 bits per heavy atom. The first-order chi connectivity index (χ1) is 15.5. The molecule has 2 aromatic carbocycles. The molecule has 0 saturated carbocycles. The van der Waals surface area contributed by atoms with Crippen LogP contribution in [0.15, 0.2) is 48.5 Å². The Morgan fingerprint density at radius 3 is 2.47 bits per heavy atom. The lowest BCUT2D eigenvalue weighted by Gasteiger charge is -2.20. The van der Waals surface area contributed by atoms with Crippen molar-refractivity contribution in [3.63, 3.8) is 0 Å². The van der Waals surface area contributed by atoms with Crippen LogP contribution in [0.25, 0.3) is 11.6 Å². The zero-order valence-corrected chi connectivity index (χ0v) is 20.0. The number of carbonyl (C=O) groups excluding carboxylic acids is 1. The van der Waals surface area contributed by atoms with Gasteiger partial charge in [-0.25, -0.2) is 0 Å². The van der Waals surface area contributed by atoms with Crippen molar-refractivity contribution in [1.82, 2.24) is 0 Å². The first kappa shape index (κ1) is 24.1. The Kier molecular flexibility index (Phi) is 8.96. The molecule has 0 fully saturated rings. The molecule has 0 saturated heterocycles. The SMILES string of the molecule is CCC(C)(C)C(=O)OCCCCCOc1ccc2c(c1)CCCC/C(c1ccccc1)=C\2. The minimum Gasteiger partial charge on any atom is -0.494 e. The van der Waals surface area contributed by atoms with E-state index in [2.05, 4.69) is 54.6 Å². The third kappa shape index (κ3) is 6.98. The topological polar surface area (TPSA) is 35.5 Å². The molecule has 0 aliphatic heterocycles. The molecular formula is C29H38O3. The Hall–Kier alpha value is -2.55. The maximum Gasteiger partial charge on any atom is 0.311 e. The summed E-state index contributed by atoms with van der Waals surface area (Å²) in [5, 5.41) is 0. The van der Waals surface area contributed by atoms with Gasteiger partial charge >= 0.3 is 5.97 Å². The third-order valence-electron chi connectivity index (χ3n) is 6.46. The van der Waals surface area contributed by atoms with Gasteiger partial charge in [-0.2, -0.15) is 0 Å². The molecule has 2 aromatic rings. The van der Waals surface area contributed by atoms with E-state index >= 15 is 0 Å². The van der Waals surface area contributed by atoms with Gasteiger partial charge < -0.3 is 9.47 Å². The van der Waals surface area contributed by atoms with E-state index in [0.717, 1.165) is 44.3 Å². The number of rotatable bonds is 10. The van der Waals surface area contributed by atoms with E-state index in [-0.39, 0.29) is 11.4 Å². The predicted octanol–water partition coefficient (Wildman–Crippen LogP) is 7.48. The number of ether oxygens (including phenoxy) is 2. The first-order valence-corrected chi connectivity index (χ1v) is 12.2. The van der Waals surface area contributed by atoms with Gasteiger partial charge in [0.05, 0.1) is 18.6 Å². The Bertz CT molecular complexity index is 896. The second-order valence-corrected chi connectivity index (χ2v) is 9.39. The number of benzene rings is 2. The van der Waals surface area contributed by atoms with E-state index in [9.17, 15) is 4.79 Å². The zero-order chi connectivity index (χ0) is 22.8. The van der Waals surface area contributed by atoms with Gasteiger partial charge in [-0.15, -0.1) is 0 Å². The minimum atomic E-state index is -0.384. The smallest absolute Gasteiger partial charge is 0.311 e. The molecule has 0 radical (unpaired) electrons. The second kappa shape index (κ2) is 11.9. The highest BCUT2D eigenvalue weighted by atomic mass is 16.5. The van der Waals surface area contributed by atoms with Gasteiger partial charge in [-0.3, -0.25) is 4.79 Å². The molecule has 0 N–H and O–H groups in total. The number of allylic oxidation sites excluding steroid dienone is 1. The van der Waals surface area contributed by atoms with E-state index < -0.39 is 0 Å². The zero-order valence-electron chi connectivity index (χ0n) is 20.0. The van der Waals surface area contributed by atoms with Crippen molar-refractivity contribution in [3.8, 4) is 5.75 Å². The molecule has 0 unspecified atom stereocenters. The van der Waals surface area contributed by atoms with Crippen LogP contribution >= 0.6 is 0 Å². The summed E-state index contributed by atoms with van der Waals surface area (Å²) in [6, 6.07) is 17.2. The van der Waals surface area contributed by atoms with Crippen LogP contribution in [0.5, 0.6) is 5.75 Å². The fourth-order valence-electron chi connectivity index (χ4n) is 3.88. The lowest BCUT2D eigenvalue weighted by Crippen LogP contribution is -2.26. The van der Waals surface area contributed by atoms with Crippen LogP contribution in [0.3, 0.4) is 0 Å². The van der Waals surface area contributed by atoms with Crippen molar-refractivity contribution in [3.05, 3.63) is 65.2 Å². The summed E-state index contributed by atoms with van der Waals surface area (Å²) in [5.41, 5.74) is 5.05. The molecule has 0 amide bonds. The van der Waals surface area contributed by atoms with Crippen molar-refractivity contribution in [2.24, 2.45) is 5.41 Å². The number of aryl methyl sites for hydroxylation is 1. The summed E-state index contributed by atoms with van der Waals surface area (Å²) >= 11 is 0. The van der Waals surface area contributed by atoms with E-state index in [4.69, 9.17) is 9.47 Å². The molecule has 32 heavy (non-hydrogen) atoms. The number of unbranched alkanes of at least 4 members (excludes halogenated alkanes) is 2. The van der Waals surface area contributed by atoms with Crippen molar-refractivity contribution in [2.75, 3.05) is 13.2 Å². The molecule has 0 bridgehead atoms. The first-order valence-electron chi connectivity index (χ1n) is 12.2. The van der Waals surface area contributed by atoms with Crippen LogP contribution in [0.1, 0.15) is 82.4 Å². The highest BCUT2D eigenvalue weighted by Crippen LogP contribution is 2.30. The summed E-state index contributed by atoms with van der Waals surface area (Å²) in [4.78, 5) is 12.0. The van der Waals surface area contributed by atoms with Crippen LogP contribution < -0.4 is 4.74 Å². The second-order valence-electron chi connectivity index (χ2n) is 9.39. The summed E-state index contributed by atoms with van der Waals surface area (Å²) in [7, 11) is 0. The third-order valence-corrected chi connectivity index (χ3v) is 6.46. The Balaban J connectivity index is 1.47. The van der Waals surface area contributed by atoms with Crippen molar-refractivity contribution >= 4 is 17.6 Å². The molecule has 0 atom stereocenters. The number of esters is 1. The number of fused-ring (bicyclic) bond motifs is 1. The highest BCUT2D eigenvalue weighted by molar-refractivity contribution is 5.82. The van der Waals surface area contributed by atoms with Crippen LogP contribution in [0.4, 0.5) is 0 Å². The lowest BCUT2D eigenvalue weighted by atomic mass is 9.91. The van der Waals surface area contributed by atoms with Crippen molar-refractivity contribution < 1.29 is 14.3 Å². The Labute approximate surface area is 193 Å². The average Bonchev–Trinajstić information content (AvgIpc) is 2.79. The van der Waals surface area contributed by atoms with Crippen LogP contribution in [0.2, 0.25) is 0 Å². The maximum atomic E-state index is 12.0. The molecule has 3 heteroatoms.